The normalized spacial score (nSPS) is 39.2. The first-order chi connectivity index (χ1) is 6.29. The zero-order chi connectivity index (χ0) is 9.26. The Morgan fingerprint density at radius 3 is 2.69 bits per heavy atom. The summed E-state index contributed by atoms with van der Waals surface area (Å²) in [5, 5.41) is 0. The van der Waals surface area contributed by atoms with Crippen molar-refractivity contribution in [1.29, 1.82) is 0 Å². The minimum Gasteiger partial charge on any atom is -0.0880 e. The van der Waals surface area contributed by atoms with Gasteiger partial charge in [0.15, 0.2) is 0 Å². The van der Waals surface area contributed by atoms with Crippen molar-refractivity contribution in [3.05, 3.63) is 12.2 Å². The quantitative estimate of drug-likeness (QED) is 0.532. The van der Waals surface area contributed by atoms with Crippen molar-refractivity contribution in [3.8, 4) is 0 Å². The summed E-state index contributed by atoms with van der Waals surface area (Å²) in [7, 11) is 0. The van der Waals surface area contributed by atoms with E-state index in [9.17, 15) is 0 Å². The number of hydrogen-bond donors (Lipinski definition) is 0. The van der Waals surface area contributed by atoms with Crippen molar-refractivity contribution < 1.29 is 0 Å². The molecule has 0 aromatic heterocycles. The lowest BCUT2D eigenvalue weighted by atomic mass is 9.65. The van der Waals surface area contributed by atoms with Crippen LogP contribution in [-0.2, 0) is 0 Å². The molecule has 3 atom stereocenters. The van der Waals surface area contributed by atoms with Gasteiger partial charge in [0.25, 0.3) is 0 Å². The third-order valence-corrected chi connectivity index (χ3v) is 4.03. The van der Waals surface area contributed by atoms with Gasteiger partial charge in [-0.15, -0.1) is 0 Å². The van der Waals surface area contributed by atoms with Gasteiger partial charge in [0.2, 0.25) is 0 Å². The summed E-state index contributed by atoms with van der Waals surface area (Å²) in [6.07, 6.45) is 12.3. The van der Waals surface area contributed by atoms with E-state index in [-0.39, 0.29) is 0 Å². The summed E-state index contributed by atoms with van der Waals surface area (Å²) >= 11 is 0. The van der Waals surface area contributed by atoms with Gasteiger partial charge in [-0.2, -0.15) is 0 Å². The molecule has 0 amide bonds. The fraction of sp³-hybridized carbons (Fsp3) is 0.846. The van der Waals surface area contributed by atoms with Crippen LogP contribution < -0.4 is 0 Å². The van der Waals surface area contributed by atoms with E-state index < -0.39 is 0 Å². The van der Waals surface area contributed by atoms with Crippen LogP contribution in [0, 0.1) is 23.7 Å². The second kappa shape index (κ2) is 3.86. The Bertz CT molecular complexity index is 190. The van der Waals surface area contributed by atoms with E-state index in [2.05, 4.69) is 26.0 Å². The third kappa shape index (κ3) is 1.82. The summed E-state index contributed by atoms with van der Waals surface area (Å²) in [6.45, 7) is 4.76. The van der Waals surface area contributed by atoms with Gasteiger partial charge in [-0.05, 0) is 42.9 Å². The molecule has 1 fully saturated rings. The van der Waals surface area contributed by atoms with E-state index in [0.29, 0.717) is 0 Å². The molecular weight excluding hydrogens is 156 g/mol. The Morgan fingerprint density at radius 1 is 1.15 bits per heavy atom. The lowest BCUT2D eigenvalue weighted by Crippen LogP contribution is -2.31. The molecule has 1 saturated carbocycles. The largest absolute Gasteiger partial charge is 0.0880 e. The molecule has 0 spiro atoms. The average molecular weight is 178 g/mol. The molecule has 0 bridgehead atoms. The molecule has 0 saturated heterocycles. The van der Waals surface area contributed by atoms with Crippen LogP contribution in [0.5, 0.6) is 0 Å². The Balaban J connectivity index is 2.10. The predicted molar refractivity (Wildman–Crippen MR) is 57.5 cm³/mol. The maximum absolute atomic E-state index is 2.50. The van der Waals surface area contributed by atoms with Gasteiger partial charge in [-0.25, -0.2) is 0 Å². The van der Waals surface area contributed by atoms with E-state index in [0.717, 1.165) is 23.7 Å². The van der Waals surface area contributed by atoms with Crippen LogP contribution in [-0.4, -0.2) is 0 Å². The molecule has 0 aliphatic heterocycles. The van der Waals surface area contributed by atoms with Crippen LogP contribution in [0.3, 0.4) is 0 Å². The summed E-state index contributed by atoms with van der Waals surface area (Å²) in [5.41, 5.74) is 0. The Labute approximate surface area is 82.4 Å². The van der Waals surface area contributed by atoms with E-state index in [1.165, 1.54) is 32.1 Å². The molecular formula is C13H22. The maximum Gasteiger partial charge on any atom is -0.0179 e. The smallest absolute Gasteiger partial charge is 0.0179 e. The summed E-state index contributed by atoms with van der Waals surface area (Å²) in [5.74, 6) is 3.80. The van der Waals surface area contributed by atoms with Gasteiger partial charge in [0.05, 0.1) is 0 Å². The fourth-order valence-corrected chi connectivity index (χ4v) is 3.31. The van der Waals surface area contributed by atoms with Crippen LogP contribution in [0.2, 0.25) is 0 Å². The first-order valence-electron chi connectivity index (χ1n) is 5.95. The molecule has 3 unspecified atom stereocenters. The van der Waals surface area contributed by atoms with E-state index in [4.69, 9.17) is 0 Å². The van der Waals surface area contributed by atoms with Crippen molar-refractivity contribution in [3.63, 3.8) is 0 Å². The predicted octanol–water partition coefficient (Wildman–Crippen LogP) is 4.02. The molecule has 0 heterocycles. The van der Waals surface area contributed by atoms with Gasteiger partial charge in [0.1, 0.15) is 0 Å². The average Bonchev–Trinajstić information content (AvgIpc) is 2.17. The molecule has 0 heteroatoms. The SMILES string of the molecule is CC(C)C1C=CCC2CCCCC21. The van der Waals surface area contributed by atoms with E-state index in [1.54, 1.807) is 0 Å². The van der Waals surface area contributed by atoms with E-state index >= 15 is 0 Å². The Kier molecular flexibility index (Phi) is 2.76. The molecule has 2 aliphatic rings. The van der Waals surface area contributed by atoms with E-state index in [1.807, 2.05) is 0 Å². The highest BCUT2D eigenvalue weighted by Crippen LogP contribution is 2.43. The van der Waals surface area contributed by atoms with Crippen molar-refractivity contribution in [2.75, 3.05) is 0 Å². The topological polar surface area (TPSA) is 0 Å². The molecule has 0 N–H and O–H groups in total. The van der Waals surface area contributed by atoms with Gasteiger partial charge in [-0.3, -0.25) is 0 Å². The minimum atomic E-state index is 0.849. The van der Waals surface area contributed by atoms with Gasteiger partial charge < -0.3 is 0 Å². The van der Waals surface area contributed by atoms with Crippen LogP contribution in [0.25, 0.3) is 0 Å². The number of hydrogen-bond acceptors (Lipinski definition) is 0. The van der Waals surface area contributed by atoms with Crippen LogP contribution in [0.4, 0.5) is 0 Å². The molecule has 0 nitrogen and oxygen atoms in total. The number of rotatable bonds is 1. The number of allylic oxidation sites excluding steroid dienone is 2. The summed E-state index contributed by atoms with van der Waals surface area (Å²) in [4.78, 5) is 0. The molecule has 2 aliphatic carbocycles. The molecule has 74 valence electrons. The van der Waals surface area contributed by atoms with Gasteiger partial charge in [-0.1, -0.05) is 38.8 Å². The minimum absolute atomic E-state index is 0.849. The first kappa shape index (κ1) is 9.30. The molecule has 0 radical (unpaired) electrons. The zero-order valence-corrected chi connectivity index (χ0v) is 9.00. The zero-order valence-electron chi connectivity index (χ0n) is 9.00. The fourth-order valence-electron chi connectivity index (χ4n) is 3.31. The summed E-state index contributed by atoms with van der Waals surface area (Å²) < 4.78 is 0. The van der Waals surface area contributed by atoms with Gasteiger partial charge >= 0.3 is 0 Å². The highest BCUT2D eigenvalue weighted by molar-refractivity contribution is 5.02. The van der Waals surface area contributed by atoms with Crippen LogP contribution >= 0.6 is 0 Å². The van der Waals surface area contributed by atoms with Crippen molar-refractivity contribution in [2.24, 2.45) is 23.7 Å². The Morgan fingerprint density at radius 2 is 1.92 bits per heavy atom. The number of fused-ring (bicyclic) bond motifs is 1. The van der Waals surface area contributed by atoms with Crippen LogP contribution in [0.15, 0.2) is 12.2 Å². The first-order valence-corrected chi connectivity index (χ1v) is 5.95. The van der Waals surface area contributed by atoms with Gasteiger partial charge in [0, 0.05) is 0 Å². The Hall–Kier alpha value is -0.260. The molecule has 0 aromatic carbocycles. The summed E-state index contributed by atoms with van der Waals surface area (Å²) in [6, 6.07) is 0. The standard InChI is InChI=1S/C13H22/c1-10(2)12-9-5-7-11-6-3-4-8-13(11)12/h5,9-13H,3-4,6-8H2,1-2H3. The maximum atomic E-state index is 2.50. The molecule has 0 aromatic rings. The second-order valence-corrected chi connectivity index (χ2v) is 5.19. The lowest BCUT2D eigenvalue weighted by molar-refractivity contribution is 0.147. The van der Waals surface area contributed by atoms with Crippen molar-refractivity contribution >= 4 is 0 Å². The lowest BCUT2D eigenvalue weighted by Gasteiger charge is -2.40. The highest BCUT2D eigenvalue weighted by atomic mass is 14.4. The molecule has 13 heavy (non-hydrogen) atoms. The second-order valence-electron chi connectivity index (χ2n) is 5.19. The van der Waals surface area contributed by atoms with Crippen molar-refractivity contribution in [1.82, 2.24) is 0 Å². The third-order valence-electron chi connectivity index (χ3n) is 4.03. The highest BCUT2D eigenvalue weighted by Gasteiger charge is 2.33. The van der Waals surface area contributed by atoms with Crippen molar-refractivity contribution in [2.45, 2.75) is 46.0 Å². The molecule has 2 rings (SSSR count). The van der Waals surface area contributed by atoms with Crippen LogP contribution in [0.1, 0.15) is 46.0 Å². The monoisotopic (exact) mass is 178 g/mol.